The van der Waals surface area contributed by atoms with Crippen LogP contribution in [0.1, 0.15) is 37.1 Å². The maximum Gasteiger partial charge on any atom is 0.206 e. The van der Waals surface area contributed by atoms with Crippen LogP contribution in [0.3, 0.4) is 0 Å². The van der Waals surface area contributed by atoms with E-state index in [1.165, 1.54) is 18.2 Å². The monoisotopic (exact) mass is 683 g/mol. The van der Waals surface area contributed by atoms with E-state index in [-0.39, 0.29) is 37.1 Å². The molecule has 0 fully saturated rings. The van der Waals surface area contributed by atoms with Crippen LogP contribution in [-0.4, -0.2) is 259 Å². The van der Waals surface area contributed by atoms with Crippen LogP contribution in [0.2, 0.25) is 0 Å². The maximum absolute atomic E-state index is 2.21. The highest BCUT2D eigenvalue weighted by atomic mass is 15.5. The Balaban J connectivity index is -0.0000000353. The Hall–Kier alpha value is -0.400. The molecule has 46 heavy (non-hydrogen) atoms. The van der Waals surface area contributed by atoms with Gasteiger partial charge >= 0.3 is 0 Å². The summed E-state index contributed by atoms with van der Waals surface area (Å²) in [7, 11) is 57.7. The summed E-state index contributed by atoms with van der Waals surface area (Å²) < 4.78 is 5.11. The van der Waals surface area contributed by atoms with Gasteiger partial charge in [0.05, 0.1) is 127 Å². The molecule has 0 heterocycles. The number of quaternary nitrogens is 6. The average molecular weight is 683 g/mol. The van der Waals surface area contributed by atoms with Crippen LogP contribution in [0.4, 0.5) is 0 Å². The Morgan fingerprint density at radius 2 is 0.609 bits per heavy atom. The second-order valence-corrected chi connectivity index (χ2v) is 18.2. The van der Waals surface area contributed by atoms with Crippen molar-refractivity contribution in [2.75, 3.05) is 217 Å². The van der Waals surface area contributed by atoms with Gasteiger partial charge < -0.3 is 13.9 Å². The molecular formula is C36H110N10+6. The largest absolute Gasteiger partial charge is 0.333 e. The Morgan fingerprint density at radius 3 is 0.609 bits per heavy atom. The molecule has 0 aliphatic carbocycles. The Kier molecular flexibility index (Phi) is 59.1. The fraction of sp³-hybridized carbons (Fsp3) is 1.00. The fourth-order valence-electron chi connectivity index (χ4n) is 3.64. The van der Waals surface area contributed by atoms with Gasteiger partial charge in [0.25, 0.3) is 0 Å². The quantitative estimate of drug-likeness (QED) is 0.313. The van der Waals surface area contributed by atoms with Crippen LogP contribution in [0.25, 0.3) is 0 Å². The fourth-order valence-corrected chi connectivity index (χ4v) is 3.64. The lowest BCUT2D eigenvalue weighted by atomic mass is 10.6. The van der Waals surface area contributed by atoms with Crippen molar-refractivity contribution in [2.45, 2.75) is 37.1 Å². The summed E-state index contributed by atoms with van der Waals surface area (Å²) in [6.07, 6.45) is 0. The van der Waals surface area contributed by atoms with Crippen molar-refractivity contribution in [1.29, 1.82) is 0 Å². The molecule has 0 aromatic rings. The van der Waals surface area contributed by atoms with E-state index in [0.29, 0.717) is 0 Å². The normalized spacial score (nSPS) is 11.0. The van der Waals surface area contributed by atoms with Gasteiger partial charge in [-0.3, -0.25) is 33.0 Å². The molecule has 0 aliphatic heterocycles. The molecule has 0 aliphatic rings. The zero-order valence-electron chi connectivity index (χ0n) is 34.4. The van der Waals surface area contributed by atoms with Crippen LogP contribution in [0.5, 0.6) is 0 Å². The molecule has 0 bridgehead atoms. The third kappa shape index (κ3) is 206. The lowest BCUT2D eigenvalue weighted by Gasteiger charge is -2.32. The molecule has 0 saturated carbocycles. The van der Waals surface area contributed by atoms with Crippen LogP contribution in [-0.2, 0) is 0 Å². The third-order valence-corrected chi connectivity index (χ3v) is 2.91. The minimum Gasteiger partial charge on any atom is -0.333 e. The van der Waals surface area contributed by atoms with Gasteiger partial charge in [0, 0.05) is 6.67 Å². The Morgan fingerprint density at radius 1 is 0.391 bits per heavy atom. The van der Waals surface area contributed by atoms with Crippen LogP contribution in [0.15, 0.2) is 0 Å². The minimum absolute atomic E-state index is 0. The van der Waals surface area contributed by atoms with E-state index in [0.717, 1.165) is 35.8 Å². The highest BCUT2D eigenvalue weighted by Crippen LogP contribution is 1.97. The summed E-state index contributed by atoms with van der Waals surface area (Å²) in [6, 6.07) is 0. The molecule has 1 N–H and O–H groups in total. The number of hydrogen-bond acceptors (Lipinski definition) is 4. The summed E-state index contributed by atoms with van der Waals surface area (Å²) in [6.45, 7) is 4.47. The maximum atomic E-state index is 2.21. The highest BCUT2D eigenvalue weighted by Gasteiger charge is 2.17. The predicted octanol–water partition coefficient (Wildman–Crippen LogP) is 3.11. The smallest absolute Gasteiger partial charge is 0.206 e. The molecule has 0 unspecified atom stereocenters. The van der Waals surface area contributed by atoms with Gasteiger partial charge in [-0.15, -0.1) is 0 Å². The molecule has 0 radical (unpaired) electrons. The second-order valence-electron chi connectivity index (χ2n) is 18.2. The first-order valence-electron chi connectivity index (χ1n) is 14.7. The first-order chi connectivity index (χ1) is 17.4. The SMILES string of the molecule is C.C.C.C.C.CN(C)C.CN(C)CN(C)C.CN(C)C[N+](C)(C)C.C[N+](C)(C)C.C[N+](C)(C)C[N+](C)(C)C.C[NH+](C)C[N+](C)(C)C. The standard InChI is InChI=1S/C7H20N2.2C6H17N2.C5H14N2.C4H12N.C3H9N.5CH4/c1-8(2,3)7-9(4,5)6;2*1-7(2)6-8(3,4)5;1-6(2)5-7(3)4;1-5(2,3)4;1-4(2)3;;;;;/h7H2,1-6H3;2*6H2,1-5H3;5H2,1-4H3;1-4H3;1-3H3;5*1H4/q+2;2*+1;;+1;;;;;;/p+1. The highest BCUT2D eigenvalue weighted by molar-refractivity contribution is 4.35. The third-order valence-electron chi connectivity index (χ3n) is 2.91. The van der Waals surface area contributed by atoms with Crippen molar-refractivity contribution in [2.24, 2.45) is 0 Å². The van der Waals surface area contributed by atoms with Crippen molar-refractivity contribution in [3.8, 4) is 0 Å². The molecule has 0 aromatic heterocycles. The minimum atomic E-state index is 0. The number of hydrogen-bond donors (Lipinski definition) is 1. The van der Waals surface area contributed by atoms with Crippen molar-refractivity contribution in [1.82, 2.24) is 19.6 Å². The number of nitrogens with one attached hydrogen (secondary N) is 1. The molecule has 10 heteroatoms. The van der Waals surface area contributed by atoms with Gasteiger partial charge in [0.2, 0.25) is 13.3 Å². The number of nitrogens with zero attached hydrogens (tertiary/aromatic N) is 9. The second kappa shape index (κ2) is 35.9. The molecule has 0 atom stereocenters. The van der Waals surface area contributed by atoms with E-state index < -0.39 is 0 Å². The average Bonchev–Trinajstić information content (AvgIpc) is 2.43. The summed E-state index contributed by atoms with van der Waals surface area (Å²) in [4.78, 5) is 9.93. The molecule has 0 aromatic carbocycles. The van der Waals surface area contributed by atoms with E-state index >= 15 is 0 Å². The van der Waals surface area contributed by atoms with Crippen LogP contribution in [0, 0.1) is 0 Å². The van der Waals surface area contributed by atoms with Crippen molar-refractivity contribution < 1.29 is 27.3 Å². The van der Waals surface area contributed by atoms with Crippen LogP contribution >= 0.6 is 0 Å². The van der Waals surface area contributed by atoms with Crippen molar-refractivity contribution in [3.05, 3.63) is 0 Å². The molecule has 0 spiro atoms. The van der Waals surface area contributed by atoms with E-state index in [1.54, 1.807) is 0 Å². The van der Waals surface area contributed by atoms with E-state index in [4.69, 9.17) is 0 Å². The van der Waals surface area contributed by atoms with Gasteiger partial charge in [-0.25, -0.2) is 0 Å². The Bertz CT molecular complexity index is 481. The molecule has 10 nitrogen and oxygen atoms in total. The summed E-state index contributed by atoms with van der Waals surface area (Å²) in [5, 5.41) is 0. The first-order valence-corrected chi connectivity index (χ1v) is 14.7. The summed E-state index contributed by atoms with van der Waals surface area (Å²) in [5.41, 5.74) is 0. The van der Waals surface area contributed by atoms with Gasteiger partial charge in [-0.05, 0) is 63.4 Å². The summed E-state index contributed by atoms with van der Waals surface area (Å²) >= 11 is 0. The number of rotatable bonds is 8. The van der Waals surface area contributed by atoms with Crippen molar-refractivity contribution >= 4 is 0 Å². The predicted molar refractivity (Wildman–Crippen MR) is 223 cm³/mol. The lowest BCUT2D eigenvalue weighted by molar-refractivity contribution is -1.05. The van der Waals surface area contributed by atoms with E-state index in [1.807, 2.05) is 26.0 Å². The van der Waals surface area contributed by atoms with E-state index in [9.17, 15) is 0 Å². The van der Waals surface area contributed by atoms with E-state index in [2.05, 4.69) is 184 Å². The first kappa shape index (κ1) is 75.8. The van der Waals surface area contributed by atoms with Gasteiger partial charge in [-0.1, -0.05) is 37.1 Å². The van der Waals surface area contributed by atoms with Gasteiger partial charge in [0.1, 0.15) is 6.67 Å². The van der Waals surface area contributed by atoms with Gasteiger partial charge in [-0.2, -0.15) is 0 Å². The zero-order valence-corrected chi connectivity index (χ0v) is 34.4. The molecule has 0 rings (SSSR count). The van der Waals surface area contributed by atoms with Crippen LogP contribution < -0.4 is 4.90 Å². The molecule has 0 saturated heterocycles. The molecule has 298 valence electrons. The van der Waals surface area contributed by atoms with Gasteiger partial charge in [0.15, 0.2) is 0 Å². The topological polar surface area (TPSA) is 17.4 Å². The Labute approximate surface area is 300 Å². The lowest BCUT2D eigenvalue weighted by Crippen LogP contribution is -3.08. The zero-order chi connectivity index (χ0) is 35.2. The summed E-state index contributed by atoms with van der Waals surface area (Å²) in [5.74, 6) is 0. The molecular weight excluding hydrogens is 572 g/mol. The van der Waals surface area contributed by atoms with Crippen molar-refractivity contribution in [3.63, 3.8) is 0 Å². The molecule has 0 amide bonds.